The van der Waals surface area contributed by atoms with Crippen molar-refractivity contribution < 1.29 is 14.3 Å². The van der Waals surface area contributed by atoms with E-state index < -0.39 is 0 Å². The standard InChI is InChI=1S/C19H21ClN2O3/c1-24-13-14-3-2-4-15(11-14)19(23)21-17-12-16(20)5-6-18(17)22-7-9-25-10-8-22/h2-6,11-12H,7-10,13H2,1H3,(H,21,23). The van der Waals surface area contributed by atoms with Crippen LogP contribution >= 0.6 is 11.6 Å². The van der Waals surface area contributed by atoms with Gasteiger partial charge in [0, 0.05) is 30.8 Å². The average Bonchev–Trinajstić information content (AvgIpc) is 2.63. The van der Waals surface area contributed by atoms with Gasteiger partial charge in [0.05, 0.1) is 31.2 Å². The minimum Gasteiger partial charge on any atom is -0.380 e. The van der Waals surface area contributed by atoms with Crippen molar-refractivity contribution in [1.29, 1.82) is 0 Å². The first-order valence-electron chi connectivity index (χ1n) is 8.19. The Morgan fingerprint density at radius 2 is 2.04 bits per heavy atom. The molecule has 2 aromatic carbocycles. The van der Waals surface area contributed by atoms with Gasteiger partial charge in [-0.1, -0.05) is 23.7 Å². The van der Waals surface area contributed by atoms with Crippen LogP contribution in [0.25, 0.3) is 0 Å². The van der Waals surface area contributed by atoms with Crippen LogP contribution in [0.1, 0.15) is 15.9 Å². The summed E-state index contributed by atoms with van der Waals surface area (Å²) in [4.78, 5) is 14.9. The third-order valence-corrected chi connectivity index (χ3v) is 4.29. The second kappa shape index (κ2) is 8.34. The van der Waals surface area contributed by atoms with Crippen LogP contribution < -0.4 is 10.2 Å². The molecule has 132 valence electrons. The first kappa shape index (κ1) is 17.7. The molecule has 1 saturated heterocycles. The molecule has 6 heteroatoms. The molecule has 0 bridgehead atoms. The van der Waals surface area contributed by atoms with Crippen LogP contribution in [0.15, 0.2) is 42.5 Å². The summed E-state index contributed by atoms with van der Waals surface area (Å²) in [6.45, 7) is 3.39. The number of rotatable bonds is 5. The van der Waals surface area contributed by atoms with Crippen molar-refractivity contribution in [3.8, 4) is 0 Å². The lowest BCUT2D eigenvalue weighted by Crippen LogP contribution is -2.36. The van der Waals surface area contributed by atoms with Gasteiger partial charge in [-0.05, 0) is 35.9 Å². The number of ether oxygens (including phenoxy) is 2. The van der Waals surface area contributed by atoms with Gasteiger partial charge >= 0.3 is 0 Å². The van der Waals surface area contributed by atoms with Crippen molar-refractivity contribution in [2.75, 3.05) is 43.6 Å². The third kappa shape index (κ3) is 4.51. The highest BCUT2D eigenvalue weighted by Crippen LogP contribution is 2.30. The highest BCUT2D eigenvalue weighted by molar-refractivity contribution is 6.31. The number of hydrogen-bond donors (Lipinski definition) is 1. The first-order valence-corrected chi connectivity index (χ1v) is 8.56. The summed E-state index contributed by atoms with van der Waals surface area (Å²) < 4.78 is 10.5. The van der Waals surface area contributed by atoms with E-state index in [0.717, 1.165) is 24.3 Å². The zero-order valence-corrected chi connectivity index (χ0v) is 14.9. The van der Waals surface area contributed by atoms with Crippen LogP contribution in [0, 0.1) is 0 Å². The van der Waals surface area contributed by atoms with Crippen molar-refractivity contribution in [3.05, 3.63) is 58.6 Å². The van der Waals surface area contributed by atoms with Crippen LogP contribution in [-0.2, 0) is 16.1 Å². The van der Waals surface area contributed by atoms with Crippen LogP contribution in [0.5, 0.6) is 0 Å². The smallest absolute Gasteiger partial charge is 0.255 e. The normalized spacial score (nSPS) is 14.4. The Kier molecular flexibility index (Phi) is 5.91. The molecule has 25 heavy (non-hydrogen) atoms. The van der Waals surface area contributed by atoms with Crippen molar-refractivity contribution >= 4 is 28.9 Å². The fourth-order valence-corrected chi connectivity index (χ4v) is 3.02. The summed E-state index contributed by atoms with van der Waals surface area (Å²) in [5.41, 5.74) is 3.20. The maximum atomic E-state index is 12.7. The quantitative estimate of drug-likeness (QED) is 0.885. The highest BCUT2D eigenvalue weighted by Gasteiger charge is 2.17. The van der Waals surface area contributed by atoms with Crippen molar-refractivity contribution in [3.63, 3.8) is 0 Å². The lowest BCUT2D eigenvalue weighted by molar-refractivity contribution is 0.102. The highest BCUT2D eigenvalue weighted by atomic mass is 35.5. The first-order chi connectivity index (χ1) is 12.2. The van der Waals surface area contributed by atoms with Gasteiger partial charge in [-0.2, -0.15) is 0 Å². The van der Waals surface area contributed by atoms with E-state index in [1.165, 1.54) is 0 Å². The zero-order valence-electron chi connectivity index (χ0n) is 14.1. The van der Waals surface area contributed by atoms with Crippen LogP contribution in [0.2, 0.25) is 5.02 Å². The van der Waals surface area contributed by atoms with Crippen molar-refractivity contribution in [2.45, 2.75) is 6.61 Å². The Labute approximate surface area is 152 Å². The molecule has 0 atom stereocenters. The molecule has 5 nitrogen and oxygen atoms in total. The Hall–Kier alpha value is -2.08. The molecular formula is C19H21ClN2O3. The third-order valence-electron chi connectivity index (χ3n) is 4.06. The molecule has 2 aromatic rings. The molecule has 0 saturated carbocycles. The number of anilines is 2. The number of nitrogens with zero attached hydrogens (tertiary/aromatic N) is 1. The summed E-state index contributed by atoms with van der Waals surface area (Å²) in [5.74, 6) is -0.172. The van der Waals surface area contributed by atoms with Crippen LogP contribution in [0.3, 0.4) is 0 Å². The maximum absolute atomic E-state index is 12.7. The predicted molar refractivity (Wildman–Crippen MR) is 99.6 cm³/mol. The lowest BCUT2D eigenvalue weighted by Gasteiger charge is -2.30. The summed E-state index contributed by atoms with van der Waals surface area (Å²) in [6.07, 6.45) is 0. The maximum Gasteiger partial charge on any atom is 0.255 e. The minimum absolute atomic E-state index is 0.172. The molecule has 1 amide bonds. The van der Waals surface area contributed by atoms with Gasteiger partial charge in [0.15, 0.2) is 0 Å². The predicted octanol–water partition coefficient (Wildman–Crippen LogP) is 3.58. The number of morpholine rings is 1. The topological polar surface area (TPSA) is 50.8 Å². The number of benzene rings is 2. The van der Waals surface area contributed by atoms with E-state index in [0.29, 0.717) is 36.1 Å². The largest absolute Gasteiger partial charge is 0.380 e. The molecule has 0 aliphatic carbocycles. The van der Waals surface area contributed by atoms with Gasteiger partial charge < -0.3 is 19.7 Å². The molecular weight excluding hydrogens is 340 g/mol. The number of carbonyl (C=O) groups is 1. The summed E-state index contributed by atoms with van der Waals surface area (Å²) >= 11 is 6.14. The Balaban J connectivity index is 1.82. The number of methoxy groups -OCH3 is 1. The Morgan fingerprint density at radius 1 is 1.24 bits per heavy atom. The van der Waals surface area contributed by atoms with Gasteiger partial charge in [0.1, 0.15) is 0 Å². The van der Waals surface area contributed by atoms with E-state index in [1.807, 2.05) is 30.3 Å². The summed E-state index contributed by atoms with van der Waals surface area (Å²) in [5, 5.41) is 3.57. The Bertz CT molecular complexity index is 745. The number of hydrogen-bond acceptors (Lipinski definition) is 4. The molecule has 1 heterocycles. The number of nitrogens with one attached hydrogen (secondary N) is 1. The fraction of sp³-hybridized carbons (Fsp3) is 0.316. The number of amides is 1. The zero-order chi connectivity index (χ0) is 17.6. The second-order valence-electron chi connectivity index (χ2n) is 5.85. The SMILES string of the molecule is COCc1cccc(C(=O)Nc2cc(Cl)ccc2N2CCOCC2)c1. The van der Waals surface area contributed by atoms with Gasteiger partial charge in [0.2, 0.25) is 0 Å². The second-order valence-corrected chi connectivity index (χ2v) is 6.28. The van der Waals surface area contributed by atoms with E-state index >= 15 is 0 Å². The van der Waals surface area contributed by atoms with E-state index in [2.05, 4.69) is 10.2 Å². The summed E-state index contributed by atoms with van der Waals surface area (Å²) in [6, 6.07) is 12.9. The van der Waals surface area contributed by atoms with Gasteiger partial charge in [0.25, 0.3) is 5.91 Å². The van der Waals surface area contributed by atoms with Gasteiger partial charge in [-0.25, -0.2) is 0 Å². The number of halogens is 1. The molecule has 0 spiro atoms. The molecule has 1 N–H and O–H groups in total. The fourth-order valence-electron chi connectivity index (χ4n) is 2.85. The average molecular weight is 361 g/mol. The molecule has 0 radical (unpaired) electrons. The number of carbonyl (C=O) groups excluding carboxylic acids is 1. The molecule has 1 fully saturated rings. The molecule has 3 rings (SSSR count). The molecule has 0 aromatic heterocycles. The lowest BCUT2D eigenvalue weighted by atomic mass is 10.1. The van der Waals surface area contributed by atoms with E-state index in [9.17, 15) is 4.79 Å². The van der Waals surface area contributed by atoms with Crippen molar-refractivity contribution in [2.24, 2.45) is 0 Å². The molecule has 1 aliphatic rings. The van der Waals surface area contributed by atoms with Crippen molar-refractivity contribution in [1.82, 2.24) is 0 Å². The van der Waals surface area contributed by atoms with Gasteiger partial charge in [-0.15, -0.1) is 0 Å². The Morgan fingerprint density at radius 3 is 2.80 bits per heavy atom. The van der Waals surface area contributed by atoms with E-state index in [1.54, 1.807) is 19.2 Å². The molecule has 0 unspecified atom stereocenters. The summed E-state index contributed by atoms with van der Waals surface area (Å²) in [7, 11) is 1.63. The van der Waals surface area contributed by atoms with Gasteiger partial charge in [-0.3, -0.25) is 4.79 Å². The van der Waals surface area contributed by atoms with E-state index in [-0.39, 0.29) is 5.91 Å². The minimum atomic E-state index is -0.172. The van der Waals surface area contributed by atoms with Crippen LogP contribution in [-0.4, -0.2) is 39.3 Å². The monoisotopic (exact) mass is 360 g/mol. The van der Waals surface area contributed by atoms with E-state index in [4.69, 9.17) is 21.1 Å². The molecule has 1 aliphatic heterocycles. The van der Waals surface area contributed by atoms with Crippen LogP contribution in [0.4, 0.5) is 11.4 Å².